The van der Waals surface area contributed by atoms with Crippen LogP contribution in [0.15, 0.2) is 72.4 Å². The van der Waals surface area contributed by atoms with Crippen LogP contribution in [0.2, 0.25) is 0 Å². The van der Waals surface area contributed by atoms with Gasteiger partial charge < -0.3 is 9.74 Å². The molecule has 1 amide bonds. The van der Waals surface area contributed by atoms with Crippen molar-refractivity contribution in [3.05, 3.63) is 84.2 Å². The van der Waals surface area contributed by atoms with Gasteiger partial charge in [0.15, 0.2) is 6.10 Å². The van der Waals surface area contributed by atoms with E-state index in [4.69, 9.17) is 4.84 Å². The highest BCUT2D eigenvalue weighted by Crippen LogP contribution is 2.19. The molecule has 1 atom stereocenters. The molecule has 0 saturated carbocycles. The second-order valence-electron chi connectivity index (χ2n) is 5.81. The third-order valence-electron chi connectivity index (χ3n) is 4.00. The molecule has 2 aromatic carbocycles. The number of amides is 1. The van der Waals surface area contributed by atoms with Gasteiger partial charge in [0, 0.05) is 13.0 Å². The average Bonchev–Trinajstić information content (AvgIpc) is 3.11. The van der Waals surface area contributed by atoms with Crippen LogP contribution in [0.25, 0.3) is 0 Å². The lowest BCUT2D eigenvalue weighted by Gasteiger charge is -2.23. The van der Waals surface area contributed by atoms with Crippen molar-refractivity contribution < 1.29 is 14.0 Å². The van der Waals surface area contributed by atoms with Crippen molar-refractivity contribution >= 4 is 11.6 Å². The number of halogens is 1. The molecule has 2 aromatic rings. The molecule has 1 aliphatic rings. The first-order chi connectivity index (χ1) is 12.2. The van der Waals surface area contributed by atoms with Crippen LogP contribution in [-0.2, 0) is 4.84 Å². The van der Waals surface area contributed by atoms with Crippen molar-refractivity contribution in [3.63, 3.8) is 0 Å². The van der Waals surface area contributed by atoms with E-state index in [-0.39, 0.29) is 17.6 Å². The number of benzene rings is 2. The zero-order chi connectivity index (χ0) is 17.6. The summed E-state index contributed by atoms with van der Waals surface area (Å²) in [6.45, 7) is 4.31. The maximum atomic E-state index is 13.9. The number of nitrogens with zero attached hydrogens (tertiary/aromatic N) is 2. The molecule has 4 nitrogen and oxygen atoms in total. The van der Waals surface area contributed by atoms with Gasteiger partial charge >= 0.3 is 0 Å². The topological polar surface area (TPSA) is 41.9 Å². The number of rotatable bonds is 6. The van der Waals surface area contributed by atoms with Crippen LogP contribution in [0.1, 0.15) is 22.3 Å². The maximum Gasteiger partial charge on any atom is 0.257 e. The Labute approximate surface area is 146 Å². The summed E-state index contributed by atoms with van der Waals surface area (Å²) in [7, 11) is 0. The van der Waals surface area contributed by atoms with Gasteiger partial charge in [-0.2, -0.15) is 0 Å². The Morgan fingerprint density at radius 3 is 2.68 bits per heavy atom. The number of carbonyl (C=O) groups is 1. The Kier molecular flexibility index (Phi) is 5.23. The highest BCUT2D eigenvalue weighted by molar-refractivity contribution is 6.01. The fourth-order valence-corrected chi connectivity index (χ4v) is 2.77. The zero-order valence-electron chi connectivity index (χ0n) is 13.8. The summed E-state index contributed by atoms with van der Waals surface area (Å²) < 4.78 is 13.9. The van der Waals surface area contributed by atoms with Crippen molar-refractivity contribution in [1.82, 2.24) is 4.90 Å². The minimum absolute atomic E-state index is 0.0477. The molecule has 0 spiro atoms. The minimum atomic E-state index is -0.532. The highest BCUT2D eigenvalue weighted by Gasteiger charge is 2.27. The highest BCUT2D eigenvalue weighted by atomic mass is 19.1. The van der Waals surface area contributed by atoms with Crippen LogP contribution in [-0.4, -0.2) is 35.7 Å². The molecule has 0 radical (unpaired) electrons. The normalized spacial score (nSPS) is 16.0. The lowest BCUT2D eigenvalue weighted by molar-refractivity contribution is 0.0447. The first-order valence-electron chi connectivity index (χ1n) is 8.12. The number of hydrogen-bond acceptors (Lipinski definition) is 3. The summed E-state index contributed by atoms with van der Waals surface area (Å²) in [6, 6.07) is 15.7. The molecule has 3 rings (SSSR count). The van der Waals surface area contributed by atoms with Crippen LogP contribution in [0.5, 0.6) is 0 Å². The van der Waals surface area contributed by atoms with Gasteiger partial charge in [0.1, 0.15) is 5.82 Å². The second-order valence-corrected chi connectivity index (χ2v) is 5.81. The summed E-state index contributed by atoms with van der Waals surface area (Å²) >= 11 is 0. The number of hydrogen-bond donors (Lipinski definition) is 0. The lowest BCUT2D eigenvalue weighted by atomic mass is 10.0. The summed E-state index contributed by atoms with van der Waals surface area (Å²) in [6.07, 6.45) is 1.96. The molecule has 0 aliphatic carbocycles. The first kappa shape index (κ1) is 16.9. The van der Waals surface area contributed by atoms with Crippen molar-refractivity contribution in [2.24, 2.45) is 5.16 Å². The summed E-state index contributed by atoms with van der Waals surface area (Å²) in [4.78, 5) is 19.6. The third kappa shape index (κ3) is 3.94. The van der Waals surface area contributed by atoms with E-state index in [0.717, 1.165) is 11.3 Å². The minimum Gasteiger partial charge on any atom is -0.390 e. The van der Waals surface area contributed by atoms with Crippen LogP contribution >= 0.6 is 0 Å². The molecule has 0 unspecified atom stereocenters. The van der Waals surface area contributed by atoms with Crippen molar-refractivity contribution in [3.8, 4) is 0 Å². The molecule has 1 aliphatic heterocycles. The van der Waals surface area contributed by atoms with Crippen LogP contribution < -0.4 is 0 Å². The molecule has 1 heterocycles. The maximum absolute atomic E-state index is 13.9. The zero-order valence-corrected chi connectivity index (χ0v) is 13.8. The fraction of sp³-hybridized carbons (Fsp3) is 0.200. The third-order valence-corrected chi connectivity index (χ3v) is 4.00. The van der Waals surface area contributed by atoms with Crippen molar-refractivity contribution in [1.29, 1.82) is 0 Å². The monoisotopic (exact) mass is 338 g/mol. The Balaban J connectivity index is 1.68. The van der Waals surface area contributed by atoms with Crippen molar-refractivity contribution in [2.45, 2.75) is 12.5 Å². The average molecular weight is 338 g/mol. The molecule has 128 valence electrons. The van der Waals surface area contributed by atoms with Crippen LogP contribution in [0.3, 0.4) is 0 Å². The first-order valence-corrected chi connectivity index (χ1v) is 8.12. The molecular formula is C20H19FN2O2. The Morgan fingerprint density at radius 2 is 1.96 bits per heavy atom. The molecule has 25 heavy (non-hydrogen) atoms. The van der Waals surface area contributed by atoms with Crippen molar-refractivity contribution in [2.75, 3.05) is 13.1 Å². The Hall–Kier alpha value is -2.95. The molecule has 0 fully saturated rings. The van der Waals surface area contributed by atoms with Crippen LogP contribution in [0, 0.1) is 5.82 Å². The predicted octanol–water partition coefficient (Wildman–Crippen LogP) is 3.65. The predicted molar refractivity (Wildman–Crippen MR) is 95.0 cm³/mol. The van der Waals surface area contributed by atoms with Gasteiger partial charge in [-0.05, 0) is 17.7 Å². The van der Waals surface area contributed by atoms with E-state index in [0.29, 0.717) is 19.5 Å². The van der Waals surface area contributed by atoms with Gasteiger partial charge in [-0.25, -0.2) is 4.39 Å². The fourth-order valence-electron chi connectivity index (χ4n) is 2.77. The summed E-state index contributed by atoms with van der Waals surface area (Å²) in [5.74, 6) is -0.912. The quantitative estimate of drug-likeness (QED) is 0.755. The lowest BCUT2D eigenvalue weighted by Crippen LogP contribution is -2.38. The van der Waals surface area contributed by atoms with E-state index in [9.17, 15) is 9.18 Å². The van der Waals surface area contributed by atoms with E-state index < -0.39 is 5.82 Å². The largest absolute Gasteiger partial charge is 0.390 e. The molecule has 0 bridgehead atoms. The summed E-state index contributed by atoms with van der Waals surface area (Å²) in [5.41, 5.74) is 1.90. The van der Waals surface area contributed by atoms with Crippen LogP contribution in [0.4, 0.5) is 4.39 Å². The van der Waals surface area contributed by atoms with Gasteiger partial charge in [-0.1, -0.05) is 53.7 Å². The molecule has 5 heteroatoms. The summed E-state index contributed by atoms with van der Waals surface area (Å²) in [5, 5.41) is 4.13. The SMILES string of the molecule is C=CCN(C[C@@H]1CC(c2ccccc2)=NO1)C(=O)c1ccccc1F. The number of oxime groups is 1. The van der Waals surface area contributed by atoms with E-state index in [1.165, 1.54) is 17.0 Å². The standard InChI is InChI=1S/C20H19FN2O2/c1-2-12-23(20(24)17-10-6-7-11-18(17)21)14-16-13-19(22-25-16)15-8-4-3-5-9-15/h2-11,16H,1,12-14H2/t16-/m0/s1. The van der Waals surface area contributed by atoms with E-state index in [2.05, 4.69) is 11.7 Å². The van der Waals surface area contributed by atoms with Gasteiger partial charge in [-0.15, -0.1) is 6.58 Å². The second kappa shape index (κ2) is 7.75. The smallest absolute Gasteiger partial charge is 0.257 e. The van der Waals surface area contributed by atoms with E-state index in [1.54, 1.807) is 18.2 Å². The van der Waals surface area contributed by atoms with Gasteiger partial charge in [-0.3, -0.25) is 4.79 Å². The molecule has 0 aromatic heterocycles. The van der Waals surface area contributed by atoms with Gasteiger partial charge in [0.25, 0.3) is 5.91 Å². The van der Waals surface area contributed by atoms with E-state index >= 15 is 0 Å². The molecular weight excluding hydrogens is 319 g/mol. The molecule has 0 N–H and O–H groups in total. The van der Waals surface area contributed by atoms with E-state index in [1.807, 2.05) is 30.3 Å². The Morgan fingerprint density at radius 1 is 1.24 bits per heavy atom. The van der Waals surface area contributed by atoms with Gasteiger partial charge in [0.05, 0.1) is 17.8 Å². The van der Waals surface area contributed by atoms with Gasteiger partial charge in [0.2, 0.25) is 0 Å². The number of carbonyl (C=O) groups excluding carboxylic acids is 1. The Bertz CT molecular complexity index is 789. The molecule has 0 saturated heterocycles.